The summed E-state index contributed by atoms with van der Waals surface area (Å²) in [5, 5.41) is 14.2. The van der Waals surface area contributed by atoms with Gasteiger partial charge in [0.05, 0.1) is 17.5 Å². The molecule has 3 rings (SSSR count). The van der Waals surface area contributed by atoms with Crippen LogP contribution in [0.4, 0.5) is 10.1 Å². The van der Waals surface area contributed by atoms with E-state index in [0.29, 0.717) is 33.7 Å². The van der Waals surface area contributed by atoms with E-state index in [-0.39, 0.29) is 17.7 Å². The van der Waals surface area contributed by atoms with E-state index in [1.54, 1.807) is 13.2 Å². The summed E-state index contributed by atoms with van der Waals surface area (Å²) in [6.45, 7) is 3.91. The lowest BCUT2D eigenvalue weighted by Crippen LogP contribution is -2.31. The Kier molecular flexibility index (Phi) is 5.16. The summed E-state index contributed by atoms with van der Waals surface area (Å²) in [5.41, 5.74) is 2.59. The van der Waals surface area contributed by atoms with Crippen molar-refractivity contribution in [1.29, 1.82) is 5.41 Å². The van der Waals surface area contributed by atoms with Crippen molar-refractivity contribution >= 4 is 28.5 Å². The molecular formula is C19H21FN6O. The van der Waals surface area contributed by atoms with E-state index < -0.39 is 5.82 Å². The van der Waals surface area contributed by atoms with Crippen molar-refractivity contribution in [3.8, 4) is 0 Å². The number of anilines is 1. The lowest BCUT2D eigenvalue weighted by molar-refractivity contribution is 0.0941. The summed E-state index contributed by atoms with van der Waals surface area (Å²) in [5.74, 6) is -0.640. The van der Waals surface area contributed by atoms with Crippen molar-refractivity contribution in [3.63, 3.8) is 0 Å². The Morgan fingerprint density at radius 3 is 2.85 bits per heavy atom. The van der Waals surface area contributed by atoms with Gasteiger partial charge in [-0.1, -0.05) is 6.92 Å². The van der Waals surface area contributed by atoms with Crippen LogP contribution in [0.3, 0.4) is 0 Å². The van der Waals surface area contributed by atoms with Crippen LogP contribution in [-0.4, -0.2) is 39.7 Å². The molecule has 0 aliphatic rings. The number of aromatic amines is 1. The van der Waals surface area contributed by atoms with Gasteiger partial charge >= 0.3 is 0 Å². The van der Waals surface area contributed by atoms with Crippen LogP contribution < -0.4 is 10.6 Å². The fraction of sp³-hybridized carbons (Fsp3) is 0.263. The average molecular weight is 368 g/mol. The summed E-state index contributed by atoms with van der Waals surface area (Å²) >= 11 is 0. The maximum Gasteiger partial charge on any atom is 0.255 e. The molecule has 0 saturated carbocycles. The normalized spacial score (nSPS) is 12.0. The lowest BCUT2D eigenvalue weighted by atomic mass is 10.1. The van der Waals surface area contributed by atoms with Gasteiger partial charge in [-0.2, -0.15) is 0 Å². The quantitative estimate of drug-likeness (QED) is 0.502. The first kappa shape index (κ1) is 18.5. The first-order valence-corrected chi connectivity index (χ1v) is 8.66. The summed E-state index contributed by atoms with van der Waals surface area (Å²) in [6, 6.07) is 4.16. The Morgan fingerprint density at radius 1 is 1.37 bits per heavy atom. The highest BCUT2D eigenvalue weighted by molar-refractivity contribution is 6.14. The van der Waals surface area contributed by atoms with Crippen LogP contribution in [0.2, 0.25) is 0 Å². The van der Waals surface area contributed by atoms with Crippen LogP contribution in [0.1, 0.15) is 41.9 Å². The van der Waals surface area contributed by atoms with E-state index in [2.05, 4.69) is 25.6 Å². The maximum absolute atomic E-state index is 13.5. The monoisotopic (exact) mass is 368 g/mol. The Morgan fingerprint density at radius 2 is 2.15 bits per heavy atom. The molecule has 0 aliphatic carbocycles. The number of rotatable bonds is 6. The number of hydrogen-bond acceptors (Lipinski definition) is 5. The first-order chi connectivity index (χ1) is 12.9. The average Bonchev–Trinajstić information content (AvgIpc) is 3.10. The largest absolute Gasteiger partial charge is 0.387 e. The number of aromatic nitrogens is 3. The van der Waals surface area contributed by atoms with Crippen LogP contribution in [0.5, 0.6) is 0 Å². The number of halogens is 1. The molecule has 3 aromatic rings. The summed E-state index contributed by atoms with van der Waals surface area (Å²) in [7, 11) is 1.66. The van der Waals surface area contributed by atoms with Gasteiger partial charge < -0.3 is 15.6 Å². The van der Waals surface area contributed by atoms with Crippen molar-refractivity contribution in [2.24, 2.45) is 0 Å². The summed E-state index contributed by atoms with van der Waals surface area (Å²) in [4.78, 5) is 24.1. The maximum atomic E-state index is 13.5. The van der Waals surface area contributed by atoms with E-state index in [1.807, 2.05) is 13.8 Å². The fourth-order valence-electron chi connectivity index (χ4n) is 2.67. The highest BCUT2D eigenvalue weighted by Crippen LogP contribution is 2.21. The molecule has 1 unspecified atom stereocenters. The number of amides is 1. The molecule has 0 radical (unpaired) electrons. The molecule has 140 valence electrons. The van der Waals surface area contributed by atoms with Gasteiger partial charge in [-0.15, -0.1) is 0 Å². The molecule has 8 heteroatoms. The number of carbonyl (C=O) groups excluding carboxylic acids is 1. The minimum atomic E-state index is -0.396. The zero-order valence-electron chi connectivity index (χ0n) is 15.4. The zero-order valence-corrected chi connectivity index (χ0v) is 15.4. The van der Waals surface area contributed by atoms with Crippen molar-refractivity contribution < 1.29 is 9.18 Å². The number of carbonyl (C=O) groups is 1. The Hall–Kier alpha value is -3.29. The van der Waals surface area contributed by atoms with E-state index in [9.17, 15) is 9.18 Å². The lowest BCUT2D eigenvalue weighted by Gasteiger charge is -2.11. The second kappa shape index (κ2) is 7.53. The molecule has 2 aromatic heterocycles. The highest BCUT2D eigenvalue weighted by Gasteiger charge is 2.18. The Labute approximate surface area is 155 Å². The smallest absolute Gasteiger partial charge is 0.255 e. The number of nitrogens with zero attached hydrogens (tertiary/aromatic N) is 2. The predicted molar refractivity (Wildman–Crippen MR) is 103 cm³/mol. The van der Waals surface area contributed by atoms with Crippen molar-refractivity contribution in [2.75, 3.05) is 12.4 Å². The topological polar surface area (TPSA) is 107 Å². The van der Waals surface area contributed by atoms with Crippen LogP contribution in [-0.2, 0) is 0 Å². The molecule has 0 saturated heterocycles. The molecular weight excluding hydrogens is 347 g/mol. The molecule has 27 heavy (non-hydrogen) atoms. The van der Waals surface area contributed by atoms with E-state index in [0.717, 1.165) is 6.42 Å². The van der Waals surface area contributed by atoms with Crippen LogP contribution in [0.25, 0.3) is 11.2 Å². The molecule has 0 spiro atoms. The highest BCUT2D eigenvalue weighted by atomic mass is 19.1. The van der Waals surface area contributed by atoms with E-state index >= 15 is 0 Å². The van der Waals surface area contributed by atoms with Gasteiger partial charge in [0, 0.05) is 30.5 Å². The van der Waals surface area contributed by atoms with Gasteiger partial charge in [-0.3, -0.25) is 10.2 Å². The van der Waals surface area contributed by atoms with Gasteiger partial charge in [0.15, 0.2) is 5.65 Å². The molecule has 0 bridgehead atoms. The molecule has 0 fully saturated rings. The fourth-order valence-corrected chi connectivity index (χ4v) is 2.67. The molecule has 1 atom stereocenters. The number of benzene rings is 1. The van der Waals surface area contributed by atoms with E-state index in [1.165, 1.54) is 24.4 Å². The third-order valence-electron chi connectivity index (χ3n) is 4.39. The van der Waals surface area contributed by atoms with Gasteiger partial charge in [0.1, 0.15) is 17.0 Å². The van der Waals surface area contributed by atoms with Gasteiger partial charge in [0.2, 0.25) is 0 Å². The number of hydrogen-bond donors (Lipinski definition) is 4. The SMILES string of the molecule is CCC(C)NC(=O)c1c[nH]c2ncc(C(=N)c3ccc(F)cc3NC)nc12. The molecule has 4 N–H and O–H groups in total. The Bertz CT molecular complexity index is 1010. The number of fused-ring (bicyclic) bond motifs is 1. The molecule has 0 aliphatic heterocycles. The van der Waals surface area contributed by atoms with Crippen LogP contribution >= 0.6 is 0 Å². The van der Waals surface area contributed by atoms with E-state index in [4.69, 9.17) is 5.41 Å². The zero-order chi connectivity index (χ0) is 19.6. The summed E-state index contributed by atoms with van der Waals surface area (Å²) < 4.78 is 13.5. The minimum Gasteiger partial charge on any atom is -0.387 e. The molecule has 1 aromatic carbocycles. The van der Waals surface area contributed by atoms with Gasteiger partial charge in [-0.25, -0.2) is 14.4 Å². The number of H-pyrrole nitrogens is 1. The first-order valence-electron chi connectivity index (χ1n) is 8.66. The van der Waals surface area contributed by atoms with Crippen LogP contribution in [0, 0.1) is 11.2 Å². The van der Waals surface area contributed by atoms with Crippen molar-refractivity contribution in [3.05, 3.63) is 53.2 Å². The third-order valence-corrected chi connectivity index (χ3v) is 4.39. The standard InChI is InChI=1S/C19H21FN6O/c1-4-10(2)25-19(27)13-8-23-18-17(13)26-15(9-24-18)16(21)12-6-5-11(20)7-14(12)22-3/h5-10,21-22H,4H2,1-3H3,(H,23,24)(H,25,27). The number of nitrogens with one attached hydrogen (secondary N) is 4. The van der Waals surface area contributed by atoms with Gasteiger partial charge in [0.25, 0.3) is 5.91 Å². The van der Waals surface area contributed by atoms with Gasteiger partial charge in [-0.05, 0) is 31.5 Å². The van der Waals surface area contributed by atoms with Crippen molar-refractivity contribution in [2.45, 2.75) is 26.3 Å². The van der Waals surface area contributed by atoms with Crippen LogP contribution in [0.15, 0.2) is 30.6 Å². The molecule has 2 heterocycles. The van der Waals surface area contributed by atoms with Crippen molar-refractivity contribution in [1.82, 2.24) is 20.3 Å². The molecule has 1 amide bonds. The second-order valence-corrected chi connectivity index (χ2v) is 6.25. The predicted octanol–water partition coefficient (Wildman–Crippen LogP) is 3.08. The Balaban J connectivity index is 2.00. The summed E-state index contributed by atoms with van der Waals surface area (Å²) in [6.07, 6.45) is 3.83. The third kappa shape index (κ3) is 3.64. The molecule has 7 nitrogen and oxygen atoms in total. The minimum absolute atomic E-state index is 0.0364. The second-order valence-electron chi connectivity index (χ2n) is 6.25.